The van der Waals surface area contributed by atoms with Gasteiger partial charge in [-0.05, 0) is 44.3 Å². The minimum atomic E-state index is -0.172. The van der Waals surface area contributed by atoms with E-state index in [0.717, 1.165) is 11.8 Å². The van der Waals surface area contributed by atoms with Crippen LogP contribution in [0.2, 0.25) is 0 Å². The minimum absolute atomic E-state index is 0.172. The molecule has 0 unspecified atom stereocenters. The van der Waals surface area contributed by atoms with Crippen molar-refractivity contribution in [2.24, 2.45) is 11.8 Å². The molecule has 2 heteroatoms. The minimum Gasteiger partial charge on any atom is -0.0964 e. The highest BCUT2D eigenvalue weighted by Crippen LogP contribution is 2.43. The van der Waals surface area contributed by atoms with Crippen molar-refractivity contribution in [2.75, 3.05) is 12.3 Å². The lowest BCUT2D eigenvalue weighted by Crippen LogP contribution is -1.91. The molecule has 0 bridgehead atoms. The number of rotatable bonds is 12. The molecule has 0 aliphatic rings. The molecule has 0 N–H and O–H groups in total. The smallest absolute Gasteiger partial charge is 0.00973 e. The second-order valence-corrected chi connectivity index (χ2v) is 9.65. The van der Waals surface area contributed by atoms with Crippen LogP contribution in [0.15, 0.2) is 0 Å². The van der Waals surface area contributed by atoms with Crippen LogP contribution >= 0.6 is 18.5 Å². The summed E-state index contributed by atoms with van der Waals surface area (Å²) < 4.78 is 0. The van der Waals surface area contributed by atoms with Gasteiger partial charge in [-0.3, -0.25) is 0 Å². The fraction of sp³-hybridized carbons (Fsp3) is 1.00. The lowest BCUT2D eigenvalue weighted by molar-refractivity contribution is 0.533. The van der Waals surface area contributed by atoms with E-state index < -0.39 is 0 Å². The van der Waals surface area contributed by atoms with Gasteiger partial charge in [0.25, 0.3) is 0 Å². The zero-order valence-electron chi connectivity index (χ0n) is 13.1. The third kappa shape index (κ3) is 14.8. The van der Waals surface area contributed by atoms with Crippen LogP contribution in [-0.4, -0.2) is 12.3 Å². The predicted molar refractivity (Wildman–Crippen MR) is 89.1 cm³/mol. The maximum atomic E-state index is 6.43. The molecule has 0 fully saturated rings. The Morgan fingerprint density at radius 3 is 1.39 bits per heavy atom. The average molecular weight is 293 g/mol. The molecule has 0 aromatic rings. The monoisotopic (exact) mass is 292 g/mol. The van der Waals surface area contributed by atoms with E-state index in [1.165, 1.54) is 63.7 Å². The summed E-state index contributed by atoms with van der Waals surface area (Å²) in [5, 5.41) is 0. The van der Waals surface area contributed by atoms with Gasteiger partial charge in [0.05, 0.1) is 0 Å². The lowest BCUT2D eigenvalue weighted by atomic mass is 10.1. The molecule has 0 aliphatic carbocycles. The second kappa shape index (κ2) is 12.7. The lowest BCUT2D eigenvalue weighted by Gasteiger charge is -2.10. The predicted octanol–water partition coefficient (Wildman–Crippen LogP) is 7.05. The van der Waals surface area contributed by atoms with E-state index in [4.69, 9.17) is 11.2 Å². The van der Waals surface area contributed by atoms with Gasteiger partial charge in [-0.1, -0.05) is 77.5 Å². The molecule has 0 atom stereocenters. The third-order valence-electron chi connectivity index (χ3n) is 3.36. The van der Waals surface area contributed by atoms with Crippen molar-refractivity contribution >= 4 is 18.5 Å². The Bertz CT molecular complexity index is 150. The Balaban J connectivity index is 3.19. The SMILES string of the molecule is CC(C)CCCCCP(Cl)CCCCCC(C)C. The zero-order chi connectivity index (χ0) is 13.8. The molecule has 0 heterocycles. The van der Waals surface area contributed by atoms with Crippen molar-refractivity contribution in [3.8, 4) is 0 Å². The first-order valence-electron chi connectivity index (χ1n) is 7.93. The molecule has 0 spiro atoms. The summed E-state index contributed by atoms with van der Waals surface area (Å²) in [6.45, 7) is 9.24. The van der Waals surface area contributed by atoms with Crippen LogP contribution in [0.1, 0.15) is 79.1 Å². The van der Waals surface area contributed by atoms with Gasteiger partial charge in [-0.25, -0.2) is 0 Å². The molecule has 110 valence electrons. The number of hydrogen-bond donors (Lipinski definition) is 0. The quantitative estimate of drug-likeness (QED) is 0.267. The standard InChI is InChI=1S/C16H34ClP/c1-15(2)11-7-5-9-13-18(17)14-10-6-8-12-16(3)4/h15-16H,5-14H2,1-4H3. The number of unbranched alkanes of at least 4 members (excludes halogenated alkanes) is 4. The first-order valence-corrected chi connectivity index (χ1v) is 10.5. The van der Waals surface area contributed by atoms with E-state index in [1.807, 2.05) is 0 Å². The van der Waals surface area contributed by atoms with Crippen LogP contribution in [0.4, 0.5) is 0 Å². The summed E-state index contributed by atoms with van der Waals surface area (Å²) in [5.74, 6) is 1.73. The fourth-order valence-corrected chi connectivity index (χ4v) is 4.21. The molecule has 0 saturated heterocycles. The Labute approximate surface area is 122 Å². The van der Waals surface area contributed by atoms with Crippen LogP contribution < -0.4 is 0 Å². The molecule has 0 radical (unpaired) electrons. The van der Waals surface area contributed by atoms with Crippen molar-refractivity contribution in [3.05, 3.63) is 0 Å². The summed E-state index contributed by atoms with van der Waals surface area (Å²) in [4.78, 5) is 0. The Morgan fingerprint density at radius 2 is 1.06 bits per heavy atom. The molecule has 0 rings (SSSR count). The summed E-state index contributed by atoms with van der Waals surface area (Å²) in [6, 6.07) is 0. The maximum absolute atomic E-state index is 6.43. The van der Waals surface area contributed by atoms with Gasteiger partial charge >= 0.3 is 0 Å². The van der Waals surface area contributed by atoms with Gasteiger partial charge in [-0.15, -0.1) is 0 Å². The third-order valence-corrected chi connectivity index (χ3v) is 5.98. The van der Waals surface area contributed by atoms with Crippen LogP contribution in [-0.2, 0) is 0 Å². The number of halogens is 1. The van der Waals surface area contributed by atoms with Gasteiger partial charge in [-0.2, -0.15) is 0 Å². The van der Waals surface area contributed by atoms with Crippen molar-refractivity contribution in [1.82, 2.24) is 0 Å². The molecule has 0 aromatic heterocycles. The fourth-order valence-electron chi connectivity index (χ4n) is 2.14. The van der Waals surface area contributed by atoms with Gasteiger partial charge in [0.1, 0.15) is 0 Å². The Hall–Kier alpha value is 0.720. The van der Waals surface area contributed by atoms with Gasteiger partial charge in [0.15, 0.2) is 0 Å². The highest BCUT2D eigenvalue weighted by molar-refractivity contribution is 7.83. The molecule has 0 amide bonds. The van der Waals surface area contributed by atoms with Crippen molar-refractivity contribution in [1.29, 1.82) is 0 Å². The van der Waals surface area contributed by atoms with Crippen LogP contribution in [0, 0.1) is 11.8 Å². The summed E-state index contributed by atoms with van der Waals surface area (Å²) in [5.41, 5.74) is 0. The van der Waals surface area contributed by atoms with Gasteiger partial charge < -0.3 is 0 Å². The van der Waals surface area contributed by atoms with Crippen molar-refractivity contribution in [3.63, 3.8) is 0 Å². The molecule has 18 heavy (non-hydrogen) atoms. The topological polar surface area (TPSA) is 0 Å². The van der Waals surface area contributed by atoms with Gasteiger partial charge in [0.2, 0.25) is 0 Å². The van der Waals surface area contributed by atoms with E-state index in [1.54, 1.807) is 0 Å². The van der Waals surface area contributed by atoms with Crippen LogP contribution in [0.5, 0.6) is 0 Å². The van der Waals surface area contributed by atoms with Crippen LogP contribution in [0.3, 0.4) is 0 Å². The van der Waals surface area contributed by atoms with Crippen molar-refractivity contribution < 1.29 is 0 Å². The highest BCUT2D eigenvalue weighted by Gasteiger charge is 2.04. The molecular formula is C16H34ClP. The van der Waals surface area contributed by atoms with Crippen LogP contribution in [0.25, 0.3) is 0 Å². The largest absolute Gasteiger partial charge is 0.0964 e. The molecule has 0 saturated carbocycles. The molecular weight excluding hydrogens is 259 g/mol. The first kappa shape index (κ1) is 18.7. The summed E-state index contributed by atoms with van der Waals surface area (Å²) in [6.07, 6.45) is 13.6. The highest BCUT2D eigenvalue weighted by atomic mass is 35.7. The zero-order valence-corrected chi connectivity index (χ0v) is 14.7. The van der Waals surface area contributed by atoms with E-state index >= 15 is 0 Å². The maximum Gasteiger partial charge on any atom is -0.00973 e. The second-order valence-electron chi connectivity index (χ2n) is 6.40. The van der Waals surface area contributed by atoms with E-state index in [-0.39, 0.29) is 7.27 Å². The van der Waals surface area contributed by atoms with Crippen molar-refractivity contribution in [2.45, 2.75) is 79.1 Å². The summed E-state index contributed by atoms with van der Waals surface area (Å²) >= 11 is 6.43. The molecule has 0 nitrogen and oxygen atoms in total. The van der Waals surface area contributed by atoms with E-state index in [2.05, 4.69) is 27.7 Å². The molecule has 0 aromatic carbocycles. The normalized spacial score (nSPS) is 12.0. The molecule has 0 aliphatic heterocycles. The average Bonchev–Trinajstić information content (AvgIpc) is 2.27. The van der Waals surface area contributed by atoms with Gasteiger partial charge in [0, 0.05) is 0 Å². The Morgan fingerprint density at radius 1 is 0.667 bits per heavy atom. The van der Waals surface area contributed by atoms with E-state index in [0.29, 0.717) is 0 Å². The van der Waals surface area contributed by atoms with E-state index in [9.17, 15) is 0 Å². The number of hydrogen-bond acceptors (Lipinski definition) is 0. The Kier molecular flexibility index (Phi) is 13.2. The summed E-state index contributed by atoms with van der Waals surface area (Å²) in [7, 11) is -0.172. The first-order chi connectivity index (χ1) is 8.52.